The van der Waals surface area contributed by atoms with Crippen molar-refractivity contribution in [2.24, 2.45) is 0 Å². The van der Waals surface area contributed by atoms with E-state index in [2.05, 4.69) is 14.3 Å². The van der Waals surface area contributed by atoms with Gasteiger partial charge in [-0.1, -0.05) is 0 Å². The zero-order valence-corrected chi connectivity index (χ0v) is 5.26. The molecule has 1 nitrogen and oxygen atoms in total. The molecule has 0 fully saturated rings. The van der Waals surface area contributed by atoms with Crippen molar-refractivity contribution in [1.82, 2.24) is 0 Å². The Morgan fingerprint density at radius 3 is 2.88 bits per heavy atom. The van der Waals surface area contributed by atoms with Crippen molar-refractivity contribution in [3.63, 3.8) is 0 Å². The fraction of sp³-hybridized carbons (Fsp3) is 1.00. The Morgan fingerprint density at radius 1 is 1.62 bits per heavy atom. The summed E-state index contributed by atoms with van der Waals surface area (Å²) in [7, 11) is 5.14. The summed E-state index contributed by atoms with van der Waals surface area (Å²) in [6.07, 6.45) is 1.06. The summed E-state index contributed by atoms with van der Waals surface area (Å²) in [6, 6.07) is 0. The van der Waals surface area contributed by atoms with Crippen LogP contribution in [0.2, 0.25) is 0 Å². The normalized spacial score (nSPS) is 7.00. The Kier molecular flexibility index (Phi) is 7.11. The molecule has 5 heteroatoms. The molecule has 8 heavy (non-hydrogen) atoms. The van der Waals surface area contributed by atoms with Gasteiger partial charge in [-0.05, 0) is 0 Å². The molecule has 0 rings (SSSR count). The molecule has 0 N–H and O–H groups in total. The molecule has 0 aliphatic heterocycles. The second kappa shape index (κ2) is 7.06. The van der Waals surface area contributed by atoms with E-state index in [9.17, 15) is 0 Å². The van der Waals surface area contributed by atoms with Gasteiger partial charge in [-0.3, -0.25) is 0 Å². The van der Waals surface area contributed by atoms with Crippen molar-refractivity contribution in [3.8, 4) is 0 Å². The maximum atomic E-state index is 4.97. The minimum absolute atomic E-state index is 0.796. The van der Waals surface area contributed by atoms with Crippen molar-refractivity contribution < 1.29 is 4.65 Å². The Hall–Kier alpha value is 0.0597. The molecule has 38 valence electrons. The monoisotopic (exact) mass is 104 g/mol. The molecule has 0 amide bonds. The fourth-order valence-electron chi connectivity index (χ4n) is 0.297. The Balaban J connectivity index is 2.91. The van der Waals surface area contributed by atoms with E-state index in [4.69, 9.17) is 4.65 Å². The first kappa shape index (κ1) is 8.06. The van der Waals surface area contributed by atoms with Crippen LogP contribution < -0.4 is 0 Å². The van der Waals surface area contributed by atoms with Gasteiger partial charge < -0.3 is 0 Å². The van der Waals surface area contributed by atoms with Crippen LogP contribution in [0.1, 0.15) is 13.3 Å². The topological polar surface area (TPSA) is 9.23 Å². The van der Waals surface area contributed by atoms with E-state index in [0.29, 0.717) is 0 Å². The van der Waals surface area contributed by atoms with Crippen molar-refractivity contribution >= 4 is 27.8 Å². The summed E-state index contributed by atoms with van der Waals surface area (Å²) in [5.41, 5.74) is 0. The molecule has 0 aromatic heterocycles. The molecule has 0 saturated heterocycles. The zero-order chi connectivity index (χ0) is 6.24. The average Bonchev–Trinajstić information content (AvgIpc) is 1.81. The van der Waals surface area contributed by atoms with Gasteiger partial charge in [-0.25, -0.2) is 0 Å². The number of hydrogen-bond acceptors (Lipinski definition) is 1. The molecule has 0 spiro atoms. The number of hydrogen-bond donors (Lipinski definition) is 0. The molecular weight excluding hydrogens is 95.3 g/mol. The predicted molar refractivity (Wildman–Crippen MR) is 40.7 cm³/mol. The first-order chi connectivity index (χ1) is 3.91. The third-order valence-corrected chi connectivity index (χ3v) is 0.633. The summed E-state index contributed by atoms with van der Waals surface area (Å²) >= 11 is 0. The van der Waals surface area contributed by atoms with Crippen LogP contribution in [-0.4, -0.2) is 34.4 Å². The van der Waals surface area contributed by atoms with Crippen LogP contribution in [0.15, 0.2) is 0 Å². The van der Waals surface area contributed by atoms with E-state index < -0.39 is 0 Å². The third kappa shape index (κ3) is 6.06. The zero-order valence-electron chi connectivity index (χ0n) is 5.26. The average molecular weight is 103 g/mol. The molecule has 0 atom stereocenters. The quantitative estimate of drug-likeness (QED) is 0.330. The van der Waals surface area contributed by atoms with Crippen molar-refractivity contribution in [3.05, 3.63) is 0 Å². The van der Waals surface area contributed by atoms with Gasteiger partial charge >= 0.3 is 52.4 Å². The van der Waals surface area contributed by atoms with Crippen LogP contribution in [0, 0.1) is 0 Å². The second-order valence-electron chi connectivity index (χ2n) is 1.44. The summed E-state index contributed by atoms with van der Waals surface area (Å²) in [4.78, 5) is 0. The molecule has 0 aromatic carbocycles. The first-order valence-electron chi connectivity index (χ1n) is 2.81. The van der Waals surface area contributed by atoms with E-state index in [0.717, 1.165) is 13.0 Å². The SMILES string of the molecule is B=BB=BOCCC. The van der Waals surface area contributed by atoms with E-state index in [1.807, 2.05) is 0 Å². The van der Waals surface area contributed by atoms with Crippen LogP contribution in [0.3, 0.4) is 0 Å². The fourth-order valence-corrected chi connectivity index (χ4v) is 0.297. The Bertz CT molecular complexity index is 81.4. The van der Waals surface area contributed by atoms with Crippen LogP contribution >= 0.6 is 0 Å². The second-order valence-corrected chi connectivity index (χ2v) is 1.44. The van der Waals surface area contributed by atoms with Crippen LogP contribution in [0.4, 0.5) is 0 Å². The van der Waals surface area contributed by atoms with E-state index in [-0.39, 0.29) is 0 Å². The third-order valence-electron chi connectivity index (χ3n) is 0.633. The molecule has 0 radical (unpaired) electrons. The molecule has 0 heterocycles. The minimum atomic E-state index is 0.796. The van der Waals surface area contributed by atoms with Crippen molar-refractivity contribution in [2.45, 2.75) is 13.3 Å². The van der Waals surface area contributed by atoms with Crippen molar-refractivity contribution in [2.75, 3.05) is 6.61 Å². The standard InChI is InChI=1S/C3H8B4O/c1-2-3-8-7-6-5-4/h4H,2-3H2,1H3. The van der Waals surface area contributed by atoms with Crippen LogP contribution in [-0.2, 0) is 4.65 Å². The number of rotatable bonds is 4. The summed E-state index contributed by atoms with van der Waals surface area (Å²) in [5.74, 6) is 0. The van der Waals surface area contributed by atoms with Gasteiger partial charge in [0.1, 0.15) is 0 Å². The molecule has 0 aromatic rings. The summed E-state index contributed by atoms with van der Waals surface area (Å²) < 4.78 is 4.97. The Morgan fingerprint density at radius 2 is 2.38 bits per heavy atom. The van der Waals surface area contributed by atoms with E-state index in [1.54, 1.807) is 20.4 Å². The summed E-state index contributed by atoms with van der Waals surface area (Å²) in [6.45, 7) is 6.33. The molecule has 0 aliphatic rings. The molecule has 0 aliphatic carbocycles. The molecule has 0 unspecified atom stereocenters. The van der Waals surface area contributed by atoms with Gasteiger partial charge in [0.2, 0.25) is 0 Å². The Labute approximate surface area is 53.2 Å². The molecular formula is C3H8B4O. The van der Waals surface area contributed by atoms with Gasteiger partial charge in [0.15, 0.2) is 0 Å². The van der Waals surface area contributed by atoms with E-state index >= 15 is 0 Å². The van der Waals surface area contributed by atoms with Gasteiger partial charge in [0.05, 0.1) is 0 Å². The van der Waals surface area contributed by atoms with Gasteiger partial charge in [-0.15, -0.1) is 0 Å². The van der Waals surface area contributed by atoms with Gasteiger partial charge in [-0.2, -0.15) is 0 Å². The van der Waals surface area contributed by atoms with Gasteiger partial charge in [0, 0.05) is 0 Å². The summed E-state index contributed by atoms with van der Waals surface area (Å²) in [5, 5.41) is 0. The first-order valence-corrected chi connectivity index (χ1v) is 2.81. The molecule has 0 bridgehead atoms. The molecule has 0 saturated carbocycles. The van der Waals surface area contributed by atoms with Crippen molar-refractivity contribution in [1.29, 1.82) is 0 Å². The van der Waals surface area contributed by atoms with E-state index in [1.165, 1.54) is 0 Å². The maximum absolute atomic E-state index is 4.97. The van der Waals surface area contributed by atoms with Crippen LogP contribution in [0.25, 0.3) is 0 Å². The van der Waals surface area contributed by atoms with Gasteiger partial charge in [0.25, 0.3) is 0 Å². The predicted octanol–water partition coefficient (Wildman–Crippen LogP) is -0.914. The van der Waals surface area contributed by atoms with Crippen LogP contribution in [0.5, 0.6) is 0 Å².